The maximum absolute atomic E-state index is 11.9. The molecule has 1 rings (SSSR count). The van der Waals surface area contributed by atoms with Crippen molar-refractivity contribution in [3.8, 4) is 0 Å². The van der Waals surface area contributed by atoms with Crippen LogP contribution in [0.2, 0.25) is 0 Å². The van der Waals surface area contributed by atoms with Gasteiger partial charge in [0, 0.05) is 31.5 Å². The third-order valence-electron chi connectivity index (χ3n) is 2.75. The number of carbonyl (C=O) groups is 1. The Balaban J connectivity index is 2.44. The van der Waals surface area contributed by atoms with Gasteiger partial charge in [-0.1, -0.05) is 6.92 Å². The molecule has 0 N–H and O–H groups in total. The number of amides is 1. The number of hydrogen-bond donors (Lipinski definition) is 0. The van der Waals surface area contributed by atoms with Crippen molar-refractivity contribution >= 4 is 17.5 Å². The van der Waals surface area contributed by atoms with E-state index in [-0.39, 0.29) is 17.9 Å². The van der Waals surface area contributed by atoms with Crippen molar-refractivity contribution in [2.24, 2.45) is 5.92 Å². The van der Waals surface area contributed by atoms with Crippen LogP contribution in [0.25, 0.3) is 0 Å². The van der Waals surface area contributed by atoms with Crippen molar-refractivity contribution in [3.63, 3.8) is 0 Å². The molecule has 88 valence electrons. The zero-order valence-electron chi connectivity index (χ0n) is 9.54. The molecule has 0 aromatic heterocycles. The summed E-state index contributed by atoms with van der Waals surface area (Å²) in [6.07, 6.45) is 2.31. The zero-order chi connectivity index (χ0) is 11.3. The van der Waals surface area contributed by atoms with E-state index in [4.69, 9.17) is 16.3 Å². The van der Waals surface area contributed by atoms with Gasteiger partial charge < -0.3 is 9.64 Å². The van der Waals surface area contributed by atoms with Gasteiger partial charge in [-0.2, -0.15) is 0 Å². The number of piperidine rings is 1. The third-order valence-corrected chi connectivity index (χ3v) is 3.21. The molecule has 0 saturated carbocycles. The third kappa shape index (κ3) is 3.65. The van der Waals surface area contributed by atoms with E-state index >= 15 is 0 Å². The summed E-state index contributed by atoms with van der Waals surface area (Å²) in [7, 11) is 0. The highest BCUT2D eigenvalue weighted by atomic mass is 35.5. The van der Waals surface area contributed by atoms with E-state index in [1.807, 2.05) is 18.7 Å². The van der Waals surface area contributed by atoms with Crippen LogP contribution in [0.4, 0.5) is 0 Å². The van der Waals surface area contributed by atoms with Crippen molar-refractivity contribution in [2.75, 3.05) is 25.6 Å². The molecule has 2 atom stereocenters. The van der Waals surface area contributed by atoms with E-state index < -0.39 is 0 Å². The van der Waals surface area contributed by atoms with Gasteiger partial charge in [-0.15, -0.1) is 11.6 Å². The minimum Gasteiger partial charge on any atom is -0.377 e. The Kier molecular flexibility index (Phi) is 5.40. The second kappa shape index (κ2) is 6.33. The quantitative estimate of drug-likeness (QED) is 0.694. The smallest absolute Gasteiger partial charge is 0.226 e. The zero-order valence-corrected chi connectivity index (χ0v) is 10.3. The molecule has 0 spiro atoms. The van der Waals surface area contributed by atoms with Crippen LogP contribution in [0.1, 0.15) is 26.7 Å². The summed E-state index contributed by atoms with van der Waals surface area (Å²) >= 11 is 5.68. The number of halogens is 1. The largest absolute Gasteiger partial charge is 0.377 e. The molecule has 1 aliphatic heterocycles. The molecular weight excluding hydrogens is 214 g/mol. The molecule has 0 bridgehead atoms. The number of nitrogens with zero attached hydrogens (tertiary/aromatic N) is 1. The van der Waals surface area contributed by atoms with Crippen LogP contribution in [-0.2, 0) is 9.53 Å². The average molecular weight is 234 g/mol. The number of carbonyl (C=O) groups excluding carboxylic acids is 1. The Labute approximate surface area is 96.7 Å². The van der Waals surface area contributed by atoms with E-state index in [1.165, 1.54) is 0 Å². The first-order valence-corrected chi connectivity index (χ1v) is 6.18. The molecule has 2 unspecified atom stereocenters. The Hall–Kier alpha value is -0.280. The molecule has 0 aromatic carbocycles. The fraction of sp³-hybridized carbons (Fsp3) is 0.909. The second-order valence-electron chi connectivity index (χ2n) is 4.06. The lowest BCUT2D eigenvalue weighted by molar-refractivity contribution is -0.138. The highest BCUT2D eigenvalue weighted by molar-refractivity contribution is 6.19. The van der Waals surface area contributed by atoms with Gasteiger partial charge in [0.15, 0.2) is 0 Å². The highest BCUT2D eigenvalue weighted by Gasteiger charge is 2.26. The normalized spacial score (nSPS) is 23.9. The minimum atomic E-state index is -0.0768. The SMILES string of the molecule is CCOC1CCCN(C(=O)C(C)CCl)C1. The van der Waals surface area contributed by atoms with Crippen molar-refractivity contribution in [2.45, 2.75) is 32.8 Å². The van der Waals surface area contributed by atoms with E-state index in [9.17, 15) is 4.79 Å². The lowest BCUT2D eigenvalue weighted by Crippen LogP contribution is -2.45. The fourth-order valence-electron chi connectivity index (χ4n) is 1.89. The first-order valence-electron chi connectivity index (χ1n) is 5.65. The van der Waals surface area contributed by atoms with Crippen LogP contribution >= 0.6 is 11.6 Å². The molecular formula is C11H20ClNO2. The number of rotatable bonds is 4. The van der Waals surface area contributed by atoms with Gasteiger partial charge in [0.2, 0.25) is 5.91 Å². The monoisotopic (exact) mass is 233 g/mol. The molecule has 1 heterocycles. The van der Waals surface area contributed by atoms with Crippen LogP contribution in [0.15, 0.2) is 0 Å². The molecule has 3 nitrogen and oxygen atoms in total. The summed E-state index contributed by atoms with van der Waals surface area (Å²) in [5.41, 5.74) is 0. The second-order valence-corrected chi connectivity index (χ2v) is 4.37. The molecule has 4 heteroatoms. The standard InChI is InChI=1S/C11H20ClNO2/c1-3-15-10-5-4-6-13(8-10)11(14)9(2)7-12/h9-10H,3-8H2,1-2H3. The van der Waals surface area contributed by atoms with Gasteiger partial charge in [-0.05, 0) is 19.8 Å². The van der Waals surface area contributed by atoms with Gasteiger partial charge >= 0.3 is 0 Å². The van der Waals surface area contributed by atoms with Gasteiger partial charge in [0.25, 0.3) is 0 Å². The molecule has 1 fully saturated rings. The minimum absolute atomic E-state index is 0.0768. The van der Waals surface area contributed by atoms with Crippen molar-refractivity contribution < 1.29 is 9.53 Å². The average Bonchev–Trinajstić information content (AvgIpc) is 2.28. The van der Waals surface area contributed by atoms with Crippen LogP contribution in [0.3, 0.4) is 0 Å². The van der Waals surface area contributed by atoms with Crippen LogP contribution in [-0.4, -0.2) is 42.5 Å². The Morgan fingerprint density at radius 1 is 1.67 bits per heavy atom. The maximum atomic E-state index is 11.9. The molecule has 0 radical (unpaired) electrons. The van der Waals surface area contributed by atoms with Crippen molar-refractivity contribution in [1.29, 1.82) is 0 Å². The van der Waals surface area contributed by atoms with Gasteiger partial charge in [0.05, 0.1) is 6.10 Å². The summed E-state index contributed by atoms with van der Waals surface area (Å²) < 4.78 is 5.55. The fourth-order valence-corrected chi connectivity index (χ4v) is 2.02. The Morgan fingerprint density at radius 3 is 3.00 bits per heavy atom. The summed E-state index contributed by atoms with van der Waals surface area (Å²) in [5, 5.41) is 0. The van der Waals surface area contributed by atoms with E-state index in [0.29, 0.717) is 5.88 Å². The molecule has 1 amide bonds. The van der Waals surface area contributed by atoms with E-state index in [0.717, 1.165) is 32.5 Å². The van der Waals surface area contributed by atoms with Gasteiger partial charge in [-0.3, -0.25) is 4.79 Å². The number of hydrogen-bond acceptors (Lipinski definition) is 2. The lowest BCUT2D eigenvalue weighted by Gasteiger charge is -2.33. The van der Waals surface area contributed by atoms with Crippen LogP contribution in [0.5, 0.6) is 0 Å². The van der Waals surface area contributed by atoms with Gasteiger partial charge in [0.1, 0.15) is 0 Å². The Morgan fingerprint density at radius 2 is 2.40 bits per heavy atom. The summed E-state index contributed by atoms with van der Waals surface area (Å²) in [5.74, 6) is 0.482. The summed E-state index contributed by atoms with van der Waals surface area (Å²) in [4.78, 5) is 13.8. The number of alkyl halides is 1. The van der Waals surface area contributed by atoms with Crippen LogP contribution < -0.4 is 0 Å². The molecule has 0 aliphatic carbocycles. The number of ether oxygens (including phenoxy) is 1. The first kappa shape index (κ1) is 12.8. The molecule has 15 heavy (non-hydrogen) atoms. The Bertz CT molecular complexity index is 209. The predicted octanol–water partition coefficient (Wildman–Crippen LogP) is 1.89. The van der Waals surface area contributed by atoms with Crippen molar-refractivity contribution in [1.82, 2.24) is 4.90 Å². The maximum Gasteiger partial charge on any atom is 0.226 e. The van der Waals surface area contributed by atoms with E-state index in [1.54, 1.807) is 0 Å². The topological polar surface area (TPSA) is 29.5 Å². The first-order chi connectivity index (χ1) is 7.19. The summed E-state index contributed by atoms with van der Waals surface area (Å²) in [6, 6.07) is 0. The number of likely N-dealkylation sites (tertiary alicyclic amines) is 1. The predicted molar refractivity (Wildman–Crippen MR) is 61.1 cm³/mol. The molecule has 0 aromatic rings. The molecule has 1 saturated heterocycles. The van der Waals surface area contributed by atoms with Crippen LogP contribution in [0, 0.1) is 5.92 Å². The van der Waals surface area contributed by atoms with Gasteiger partial charge in [-0.25, -0.2) is 0 Å². The van der Waals surface area contributed by atoms with E-state index in [2.05, 4.69) is 0 Å². The lowest BCUT2D eigenvalue weighted by atomic mass is 10.1. The molecule has 1 aliphatic rings. The summed E-state index contributed by atoms with van der Waals surface area (Å²) in [6.45, 7) is 6.16. The highest BCUT2D eigenvalue weighted by Crippen LogP contribution is 2.16. The van der Waals surface area contributed by atoms with Crippen molar-refractivity contribution in [3.05, 3.63) is 0 Å².